The highest BCUT2D eigenvalue weighted by Gasteiger charge is 2.06. The first-order valence-corrected chi connectivity index (χ1v) is 4.93. The largest absolute Gasteiger partial charge is 0.345 e. The number of nitrogens with zero attached hydrogens (tertiary/aromatic N) is 4. The van der Waals surface area contributed by atoms with Gasteiger partial charge < -0.3 is 10.3 Å². The van der Waals surface area contributed by atoms with Gasteiger partial charge in [0.2, 0.25) is 0 Å². The Hall–Kier alpha value is -3.30. The average molecular weight is 234 g/mol. The minimum atomic E-state index is -0.248. The quantitative estimate of drug-likeness (QED) is 0.769. The van der Waals surface area contributed by atoms with Gasteiger partial charge >= 0.3 is 0 Å². The number of rotatable bonds is 2. The second kappa shape index (κ2) is 4.69. The van der Waals surface area contributed by atoms with E-state index in [9.17, 15) is 0 Å². The molecule has 6 nitrogen and oxygen atoms in total. The van der Waals surface area contributed by atoms with Crippen LogP contribution in [0.4, 0.5) is 5.69 Å². The number of benzene rings is 1. The summed E-state index contributed by atoms with van der Waals surface area (Å²) in [6.45, 7) is 0. The molecule has 0 unspecified atom stereocenters. The summed E-state index contributed by atoms with van der Waals surface area (Å²) in [5, 5.41) is 29.1. The zero-order valence-corrected chi connectivity index (χ0v) is 9.10. The first kappa shape index (κ1) is 11.2. The Bertz CT molecular complexity index is 731. The molecule has 2 N–H and O–H groups in total. The van der Waals surface area contributed by atoms with Crippen molar-refractivity contribution in [3.05, 3.63) is 35.8 Å². The molecule has 1 aromatic carbocycles. The molecule has 0 saturated heterocycles. The van der Waals surface area contributed by atoms with Crippen LogP contribution in [-0.4, -0.2) is 9.97 Å². The van der Waals surface area contributed by atoms with Crippen LogP contribution in [-0.2, 0) is 0 Å². The number of H-pyrrole nitrogens is 1. The molecule has 0 atom stereocenters. The molecule has 0 amide bonds. The third kappa shape index (κ3) is 1.97. The molecule has 0 aliphatic heterocycles. The molecule has 0 aliphatic rings. The zero-order chi connectivity index (χ0) is 13.0. The molecule has 6 heteroatoms. The van der Waals surface area contributed by atoms with Gasteiger partial charge in [0.1, 0.15) is 23.9 Å². The number of aromatic nitrogens is 2. The third-order valence-corrected chi connectivity index (χ3v) is 2.27. The van der Waals surface area contributed by atoms with Gasteiger partial charge in [-0.3, -0.25) is 0 Å². The number of anilines is 1. The number of fused-ring (bicyclic) bond motifs is 1. The molecule has 0 spiro atoms. The second-order valence-corrected chi connectivity index (χ2v) is 3.34. The first-order chi connectivity index (χ1) is 8.78. The molecular weight excluding hydrogens is 228 g/mol. The predicted octanol–water partition coefficient (Wildman–Crippen LogP) is 1.80. The van der Waals surface area contributed by atoms with Gasteiger partial charge in [0.25, 0.3) is 0 Å². The van der Waals surface area contributed by atoms with E-state index in [1.54, 1.807) is 42.7 Å². The molecule has 2 rings (SSSR count). The van der Waals surface area contributed by atoms with E-state index >= 15 is 0 Å². The maximum Gasteiger partial charge on any atom is 0.163 e. The van der Waals surface area contributed by atoms with E-state index in [4.69, 9.17) is 15.8 Å². The van der Waals surface area contributed by atoms with Crippen molar-refractivity contribution in [3.63, 3.8) is 0 Å². The van der Waals surface area contributed by atoms with E-state index in [0.29, 0.717) is 5.69 Å². The molecule has 2 aromatic rings. The molecule has 18 heavy (non-hydrogen) atoms. The van der Waals surface area contributed by atoms with E-state index in [2.05, 4.69) is 15.3 Å². The Morgan fingerprint density at radius 2 is 1.94 bits per heavy atom. The number of allylic oxidation sites excluding steroid dienone is 2. The van der Waals surface area contributed by atoms with Gasteiger partial charge in [0, 0.05) is 5.69 Å². The van der Waals surface area contributed by atoms with Crippen molar-refractivity contribution < 1.29 is 0 Å². The second-order valence-electron chi connectivity index (χ2n) is 3.34. The molecule has 0 saturated carbocycles. The third-order valence-electron chi connectivity index (χ3n) is 2.27. The summed E-state index contributed by atoms with van der Waals surface area (Å²) in [5.41, 5.74) is 1.88. The monoisotopic (exact) mass is 234 g/mol. The fraction of sp³-hybridized carbons (Fsp3) is 0. The van der Waals surface area contributed by atoms with Crippen molar-refractivity contribution in [2.45, 2.75) is 0 Å². The molecule has 0 fully saturated rings. The summed E-state index contributed by atoms with van der Waals surface area (Å²) in [6, 6.07) is 10.4. The van der Waals surface area contributed by atoms with Gasteiger partial charge in [-0.25, -0.2) is 4.98 Å². The number of imidazole rings is 1. The van der Waals surface area contributed by atoms with Gasteiger partial charge in [-0.05, 0) is 18.2 Å². The molecule has 1 heterocycles. The molecule has 84 valence electrons. The topological polar surface area (TPSA) is 112 Å². The minimum Gasteiger partial charge on any atom is -0.345 e. The SMILES string of the molecule is N#CC(C#N)=C(C#N)Nc1ccc2nc[nH]c2c1. The van der Waals surface area contributed by atoms with Gasteiger partial charge in [-0.2, -0.15) is 15.8 Å². The molecule has 0 radical (unpaired) electrons. The van der Waals surface area contributed by atoms with Crippen molar-refractivity contribution >= 4 is 16.7 Å². The summed E-state index contributed by atoms with van der Waals surface area (Å²) < 4.78 is 0. The standard InChI is InChI=1S/C12H6N6/c13-4-8(5-14)12(6-15)18-9-1-2-10-11(3-9)17-7-16-10/h1-3,7,18H,(H,16,17). The van der Waals surface area contributed by atoms with Crippen LogP contribution in [0.15, 0.2) is 35.8 Å². The van der Waals surface area contributed by atoms with Crippen LogP contribution in [0.25, 0.3) is 11.0 Å². The summed E-state index contributed by atoms with van der Waals surface area (Å²) in [6.07, 6.45) is 1.56. The number of hydrogen-bond acceptors (Lipinski definition) is 5. The molecule has 1 aromatic heterocycles. The summed E-state index contributed by atoms with van der Waals surface area (Å²) in [4.78, 5) is 6.99. The first-order valence-electron chi connectivity index (χ1n) is 4.93. The van der Waals surface area contributed by atoms with Gasteiger partial charge in [-0.1, -0.05) is 0 Å². The average Bonchev–Trinajstić information content (AvgIpc) is 2.86. The Morgan fingerprint density at radius 1 is 1.17 bits per heavy atom. The smallest absolute Gasteiger partial charge is 0.163 e. The number of nitriles is 3. The molecular formula is C12H6N6. The van der Waals surface area contributed by atoms with Gasteiger partial charge in [0.15, 0.2) is 5.57 Å². The number of hydrogen-bond donors (Lipinski definition) is 2. The Kier molecular flexibility index (Phi) is 2.92. The van der Waals surface area contributed by atoms with E-state index < -0.39 is 0 Å². The lowest BCUT2D eigenvalue weighted by Crippen LogP contribution is -2.00. The summed E-state index contributed by atoms with van der Waals surface area (Å²) in [5.74, 6) is 0. The van der Waals surface area contributed by atoms with Crippen LogP contribution < -0.4 is 5.32 Å². The van der Waals surface area contributed by atoms with Crippen LogP contribution in [0.1, 0.15) is 0 Å². The highest BCUT2D eigenvalue weighted by Crippen LogP contribution is 2.17. The highest BCUT2D eigenvalue weighted by atomic mass is 14.9. The maximum absolute atomic E-state index is 8.90. The van der Waals surface area contributed by atoms with E-state index in [1.807, 2.05) is 0 Å². The van der Waals surface area contributed by atoms with E-state index in [0.717, 1.165) is 11.0 Å². The van der Waals surface area contributed by atoms with Gasteiger partial charge in [0.05, 0.1) is 17.4 Å². The van der Waals surface area contributed by atoms with E-state index in [-0.39, 0.29) is 11.3 Å². The lowest BCUT2D eigenvalue weighted by atomic mass is 10.2. The lowest BCUT2D eigenvalue weighted by molar-refractivity contribution is 1.34. The summed E-state index contributed by atoms with van der Waals surface area (Å²) in [7, 11) is 0. The van der Waals surface area contributed by atoms with Crippen molar-refractivity contribution in [1.82, 2.24) is 9.97 Å². The lowest BCUT2D eigenvalue weighted by Gasteiger charge is -2.03. The number of nitrogens with one attached hydrogen (secondary N) is 2. The van der Waals surface area contributed by atoms with Crippen LogP contribution >= 0.6 is 0 Å². The fourth-order valence-electron chi connectivity index (χ4n) is 1.44. The van der Waals surface area contributed by atoms with Crippen LogP contribution in [0.5, 0.6) is 0 Å². The van der Waals surface area contributed by atoms with Crippen molar-refractivity contribution in [2.75, 3.05) is 5.32 Å². The number of aromatic amines is 1. The van der Waals surface area contributed by atoms with Crippen LogP contribution in [0, 0.1) is 34.0 Å². The molecule has 0 aliphatic carbocycles. The van der Waals surface area contributed by atoms with Crippen molar-refractivity contribution in [2.24, 2.45) is 0 Å². The maximum atomic E-state index is 8.90. The predicted molar refractivity (Wildman–Crippen MR) is 63.6 cm³/mol. The minimum absolute atomic E-state index is 0.0705. The Balaban J connectivity index is 2.40. The van der Waals surface area contributed by atoms with Gasteiger partial charge in [-0.15, -0.1) is 0 Å². The van der Waals surface area contributed by atoms with Crippen LogP contribution in [0.2, 0.25) is 0 Å². The Morgan fingerprint density at radius 3 is 2.61 bits per heavy atom. The summed E-state index contributed by atoms with van der Waals surface area (Å²) >= 11 is 0. The van der Waals surface area contributed by atoms with E-state index in [1.165, 1.54) is 0 Å². The highest BCUT2D eigenvalue weighted by molar-refractivity contribution is 5.79. The Labute approximate surface area is 102 Å². The van der Waals surface area contributed by atoms with Crippen molar-refractivity contribution in [3.8, 4) is 18.2 Å². The molecule has 0 bridgehead atoms. The zero-order valence-electron chi connectivity index (χ0n) is 9.10. The van der Waals surface area contributed by atoms with Crippen LogP contribution in [0.3, 0.4) is 0 Å². The van der Waals surface area contributed by atoms with Crippen molar-refractivity contribution in [1.29, 1.82) is 15.8 Å². The normalized spacial score (nSPS) is 8.94. The fourth-order valence-corrected chi connectivity index (χ4v) is 1.44.